The number of likely N-dealkylation sites (tertiary alicyclic amines) is 1. The Morgan fingerprint density at radius 1 is 0.857 bits per heavy atom. The predicted molar refractivity (Wildman–Crippen MR) is 219 cm³/mol. The molecular formula is C45H51N5O6. The van der Waals surface area contributed by atoms with E-state index in [0.29, 0.717) is 34.5 Å². The highest BCUT2D eigenvalue weighted by atomic mass is 16.6. The Morgan fingerprint density at radius 3 is 2.43 bits per heavy atom. The number of pyridine rings is 1. The number of aliphatic hydroxyl groups is 1. The molecule has 6 N–H and O–H groups in total. The number of phenolic OH excluding ortho intramolecular Hbond substituents is 1. The molecule has 1 aliphatic heterocycles. The van der Waals surface area contributed by atoms with Gasteiger partial charge >= 0.3 is 6.09 Å². The summed E-state index contributed by atoms with van der Waals surface area (Å²) in [7, 11) is 0. The third-order valence-corrected chi connectivity index (χ3v) is 11.2. The van der Waals surface area contributed by atoms with Crippen LogP contribution in [-0.2, 0) is 11.3 Å². The normalized spacial score (nSPS) is 18.3. The summed E-state index contributed by atoms with van der Waals surface area (Å²) in [5.74, 6) is 0.518. The number of aromatic amines is 1. The Labute approximate surface area is 327 Å². The predicted octanol–water partition coefficient (Wildman–Crippen LogP) is 7.12. The van der Waals surface area contributed by atoms with Crippen LogP contribution in [0.1, 0.15) is 72.5 Å². The number of piperidine rings is 1. The first-order valence-corrected chi connectivity index (χ1v) is 19.8. The number of hydrogen-bond donors (Lipinski definition) is 6. The molecule has 0 bridgehead atoms. The maximum absolute atomic E-state index is 13.2. The molecule has 56 heavy (non-hydrogen) atoms. The summed E-state index contributed by atoms with van der Waals surface area (Å²) < 4.78 is 5.83. The number of benzene rings is 4. The molecule has 0 radical (unpaired) electrons. The molecule has 1 atom stereocenters. The van der Waals surface area contributed by atoms with Crippen molar-refractivity contribution < 1.29 is 24.5 Å². The van der Waals surface area contributed by atoms with Gasteiger partial charge in [-0.3, -0.25) is 14.9 Å². The molecule has 1 saturated heterocycles. The number of aromatic nitrogens is 1. The number of H-pyrrole nitrogens is 1. The van der Waals surface area contributed by atoms with Crippen LogP contribution in [0.5, 0.6) is 5.75 Å². The van der Waals surface area contributed by atoms with Gasteiger partial charge in [0.1, 0.15) is 11.9 Å². The van der Waals surface area contributed by atoms with Crippen molar-refractivity contribution >= 4 is 28.6 Å². The number of aliphatic hydroxyl groups excluding tert-OH is 1. The van der Waals surface area contributed by atoms with E-state index in [9.17, 15) is 24.6 Å². The van der Waals surface area contributed by atoms with Crippen molar-refractivity contribution in [3.8, 4) is 16.9 Å². The number of fused-ring (bicyclic) bond motifs is 1. The first-order chi connectivity index (χ1) is 27.3. The van der Waals surface area contributed by atoms with Crippen molar-refractivity contribution in [1.29, 1.82) is 0 Å². The SMILES string of the molecule is O=C(Nc1ccccc1-c1ccccc1)OC1CCN(CCC2CCC(NC(=O)c3cccc(CNCC(O)c4ccc(O)c5[nH]c(=O)ccc45)c3)CC2)CC1. The van der Waals surface area contributed by atoms with Crippen molar-refractivity contribution in [2.75, 3.05) is 31.5 Å². The van der Waals surface area contributed by atoms with Gasteiger partial charge in [0.2, 0.25) is 5.56 Å². The lowest BCUT2D eigenvalue weighted by atomic mass is 9.84. The van der Waals surface area contributed by atoms with Gasteiger partial charge in [0.05, 0.1) is 17.3 Å². The van der Waals surface area contributed by atoms with E-state index < -0.39 is 12.2 Å². The second-order valence-corrected chi connectivity index (χ2v) is 15.1. The molecule has 4 aromatic carbocycles. The zero-order valence-corrected chi connectivity index (χ0v) is 31.6. The summed E-state index contributed by atoms with van der Waals surface area (Å²) in [6, 6.07) is 31.6. The third kappa shape index (κ3) is 10.0. The Hall–Kier alpha value is -5.49. The number of carbonyl (C=O) groups is 2. The van der Waals surface area contributed by atoms with E-state index in [0.717, 1.165) is 87.0 Å². The topological polar surface area (TPSA) is 156 Å². The Kier molecular flexibility index (Phi) is 12.8. The zero-order valence-electron chi connectivity index (χ0n) is 31.6. The fraction of sp³-hybridized carbons (Fsp3) is 0.356. The number of nitrogens with one attached hydrogen (secondary N) is 4. The van der Waals surface area contributed by atoms with E-state index in [1.54, 1.807) is 12.1 Å². The Bertz CT molecular complexity index is 2160. The van der Waals surface area contributed by atoms with Gasteiger partial charge in [-0.25, -0.2) is 4.79 Å². The maximum Gasteiger partial charge on any atom is 0.411 e. The molecule has 11 heteroatoms. The van der Waals surface area contributed by atoms with Gasteiger partial charge in [-0.2, -0.15) is 0 Å². The molecule has 2 fully saturated rings. The molecule has 2 heterocycles. The molecule has 1 saturated carbocycles. The summed E-state index contributed by atoms with van der Waals surface area (Å²) >= 11 is 0. The van der Waals surface area contributed by atoms with E-state index in [2.05, 4.69) is 25.8 Å². The summed E-state index contributed by atoms with van der Waals surface area (Å²) in [6.07, 6.45) is 5.53. The van der Waals surface area contributed by atoms with Crippen LogP contribution in [0.3, 0.4) is 0 Å². The number of nitrogens with zero attached hydrogens (tertiary/aromatic N) is 1. The third-order valence-electron chi connectivity index (χ3n) is 11.2. The van der Waals surface area contributed by atoms with Crippen molar-refractivity contribution in [2.24, 2.45) is 5.92 Å². The van der Waals surface area contributed by atoms with E-state index in [4.69, 9.17) is 4.74 Å². The van der Waals surface area contributed by atoms with Crippen LogP contribution in [0.15, 0.2) is 108 Å². The molecule has 5 aromatic rings. The molecular weight excluding hydrogens is 707 g/mol. The van der Waals surface area contributed by atoms with Gasteiger partial charge in [-0.05, 0) is 104 Å². The first kappa shape index (κ1) is 38.8. The molecule has 1 aromatic heterocycles. The van der Waals surface area contributed by atoms with Crippen LogP contribution < -0.4 is 21.5 Å². The van der Waals surface area contributed by atoms with Gasteiger partial charge < -0.3 is 35.5 Å². The second-order valence-electron chi connectivity index (χ2n) is 15.1. The minimum absolute atomic E-state index is 0.0500. The molecule has 0 spiro atoms. The van der Waals surface area contributed by atoms with Gasteiger partial charge in [-0.15, -0.1) is 0 Å². The van der Waals surface area contributed by atoms with E-state index in [1.165, 1.54) is 12.1 Å². The number of amides is 2. The van der Waals surface area contributed by atoms with Crippen molar-refractivity contribution in [1.82, 2.24) is 20.5 Å². The van der Waals surface area contributed by atoms with Crippen LogP contribution in [0, 0.1) is 5.92 Å². The van der Waals surface area contributed by atoms with Gasteiger partial charge in [0, 0.05) is 54.8 Å². The van der Waals surface area contributed by atoms with E-state index in [-0.39, 0.29) is 35.9 Å². The number of hydrogen-bond acceptors (Lipinski definition) is 8. The molecule has 11 nitrogen and oxygen atoms in total. The molecule has 1 unspecified atom stereocenters. The smallest absolute Gasteiger partial charge is 0.411 e. The number of rotatable bonds is 13. The fourth-order valence-corrected chi connectivity index (χ4v) is 8.07. The highest BCUT2D eigenvalue weighted by molar-refractivity contribution is 5.94. The highest BCUT2D eigenvalue weighted by Crippen LogP contribution is 2.31. The van der Waals surface area contributed by atoms with Gasteiger partial charge in [0.15, 0.2) is 0 Å². The lowest BCUT2D eigenvalue weighted by Crippen LogP contribution is -2.40. The van der Waals surface area contributed by atoms with Crippen LogP contribution in [0.4, 0.5) is 10.5 Å². The molecule has 7 rings (SSSR count). The Morgan fingerprint density at radius 2 is 1.62 bits per heavy atom. The summed E-state index contributed by atoms with van der Waals surface area (Å²) in [6.45, 7) is 3.57. The number of anilines is 1. The van der Waals surface area contributed by atoms with E-state index in [1.807, 2.05) is 78.9 Å². The fourth-order valence-electron chi connectivity index (χ4n) is 8.07. The molecule has 2 aliphatic rings. The molecule has 1 aliphatic carbocycles. The van der Waals surface area contributed by atoms with Crippen LogP contribution >= 0.6 is 0 Å². The van der Waals surface area contributed by atoms with E-state index >= 15 is 0 Å². The summed E-state index contributed by atoms with van der Waals surface area (Å²) in [5, 5.41) is 31.1. The van der Waals surface area contributed by atoms with Crippen molar-refractivity contribution in [2.45, 2.75) is 69.7 Å². The first-order valence-electron chi connectivity index (χ1n) is 19.8. The maximum atomic E-state index is 13.2. The number of phenols is 1. The number of carbonyl (C=O) groups excluding carboxylic acids is 2. The number of aromatic hydroxyl groups is 1. The summed E-state index contributed by atoms with van der Waals surface area (Å²) in [4.78, 5) is 42.9. The largest absolute Gasteiger partial charge is 0.506 e. The van der Waals surface area contributed by atoms with Gasteiger partial charge in [-0.1, -0.05) is 66.7 Å². The number of ether oxygens (including phenoxy) is 1. The average Bonchev–Trinajstić information content (AvgIpc) is 3.22. The average molecular weight is 758 g/mol. The minimum Gasteiger partial charge on any atom is -0.506 e. The van der Waals surface area contributed by atoms with Crippen molar-refractivity contribution in [3.63, 3.8) is 0 Å². The molecule has 2 amide bonds. The molecule has 292 valence electrons. The van der Waals surface area contributed by atoms with Gasteiger partial charge in [0.25, 0.3) is 5.91 Å². The lowest BCUT2D eigenvalue weighted by molar-refractivity contribution is 0.0563. The quantitative estimate of drug-likeness (QED) is 0.0742. The van der Waals surface area contributed by atoms with Crippen LogP contribution in [0.2, 0.25) is 0 Å². The summed E-state index contributed by atoms with van der Waals surface area (Å²) in [5.41, 5.74) is 4.86. The monoisotopic (exact) mass is 757 g/mol. The number of para-hydroxylation sites is 1. The van der Waals surface area contributed by atoms with Crippen molar-refractivity contribution in [3.05, 3.63) is 130 Å². The van der Waals surface area contributed by atoms with Crippen LogP contribution in [-0.4, -0.2) is 70.4 Å². The lowest BCUT2D eigenvalue weighted by Gasteiger charge is -2.34. The zero-order chi connectivity index (χ0) is 38.9. The standard InChI is InChI=1S/C45H51N5O6/c51-40-19-17-37(38-18-20-42(53)49-43(38)40)41(52)29-46-28-31-7-6-10-33(27-31)44(54)47-34-15-13-30(14-16-34)21-24-50-25-22-35(23-26-50)56-45(55)48-39-12-5-4-11-36(39)32-8-2-1-3-9-32/h1-12,17-20,27,30,34-35,41,46,51-52H,13-16,21-26,28-29H2,(H,47,54)(H,48,55)(H,49,53). The second kappa shape index (κ2) is 18.4. The Balaban J connectivity index is 0.788. The highest BCUT2D eigenvalue weighted by Gasteiger charge is 2.26. The van der Waals surface area contributed by atoms with Crippen LogP contribution in [0.25, 0.3) is 22.0 Å². The minimum atomic E-state index is -0.868.